The first-order valence-electron chi connectivity index (χ1n) is 4.21. The van der Waals surface area contributed by atoms with Gasteiger partial charge in [0.05, 0.1) is 7.11 Å². The summed E-state index contributed by atoms with van der Waals surface area (Å²) in [7, 11) is 1.26. The second kappa shape index (κ2) is 3.14. The molecule has 0 radical (unpaired) electrons. The molecule has 1 unspecified atom stereocenters. The van der Waals surface area contributed by atoms with Crippen LogP contribution in [0.25, 0.3) is 0 Å². The Morgan fingerprint density at radius 2 is 2.14 bits per heavy atom. The number of hydrogen-bond donors (Lipinski definition) is 1. The zero-order valence-electron chi connectivity index (χ0n) is 7.61. The van der Waals surface area contributed by atoms with Crippen molar-refractivity contribution in [2.75, 3.05) is 12.4 Å². The van der Waals surface area contributed by atoms with Crippen molar-refractivity contribution < 1.29 is 14.3 Å². The quantitative estimate of drug-likeness (QED) is 0.527. The molecule has 0 saturated heterocycles. The smallest absolute Gasteiger partial charge is 0.336 e. The number of ketones is 1. The predicted molar refractivity (Wildman–Crippen MR) is 50.2 cm³/mol. The fourth-order valence-corrected chi connectivity index (χ4v) is 1.48. The van der Waals surface area contributed by atoms with E-state index in [1.165, 1.54) is 7.11 Å². The molecule has 14 heavy (non-hydrogen) atoms. The number of hydrogen-bond acceptors (Lipinski definition) is 4. The monoisotopic (exact) mass is 191 g/mol. The molecule has 0 amide bonds. The van der Waals surface area contributed by atoms with Crippen LogP contribution in [0, 0.1) is 0 Å². The van der Waals surface area contributed by atoms with E-state index in [0.29, 0.717) is 11.3 Å². The molecule has 2 rings (SSSR count). The number of esters is 1. The summed E-state index contributed by atoms with van der Waals surface area (Å²) in [5.41, 5.74) is 1.23. The predicted octanol–water partition coefficient (Wildman–Crippen LogP) is 0.836. The molecule has 0 saturated carbocycles. The molecule has 1 heterocycles. The second-order valence-electron chi connectivity index (χ2n) is 3.01. The lowest BCUT2D eigenvalue weighted by Crippen LogP contribution is -2.33. The van der Waals surface area contributed by atoms with Crippen molar-refractivity contribution in [2.24, 2.45) is 0 Å². The van der Waals surface area contributed by atoms with Crippen LogP contribution in [-0.4, -0.2) is 24.9 Å². The van der Waals surface area contributed by atoms with Crippen molar-refractivity contribution in [1.82, 2.24) is 0 Å². The van der Waals surface area contributed by atoms with Gasteiger partial charge >= 0.3 is 5.97 Å². The lowest BCUT2D eigenvalue weighted by atomic mass is 10.1. The van der Waals surface area contributed by atoms with E-state index in [2.05, 4.69) is 10.1 Å². The number of benzene rings is 1. The van der Waals surface area contributed by atoms with Crippen molar-refractivity contribution in [1.29, 1.82) is 0 Å². The van der Waals surface area contributed by atoms with Crippen LogP contribution in [0.3, 0.4) is 0 Å². The van der Waals surface area contributed by atoms with Crippen molar-refractivity contribution in [3.63, 3.8) is 0 Å². The fourth-order valence-electron chi connectivity index (χ4n) is 1.48. The summed E-state index contributed by atoms with van der Waals surface area (Å²) in [4.78, 5) is 22.8. The van der Waals surface area contributed by atoms with Crippen LogP contribution in [0.1, 0.15) is 10.4 Å². The first-order valence-corrected chi connectivity index (χ1v) is 4.21. The highest BCUT2D eigenvalue weighted by atomic mass is 16.5. The van der Waals surface area contributed by atoms with Gasteiger partial charge in [0, 0.05) is 11.3 Å². The topological polar surface area (TPSA) is 55.4 Å². The molecule has 1 aliphatic heterocycles. The van der Waals surface area contributed by atoms with Crippen molar-refractivity contribution in [3.8, 4) is 0 Å². The number of methoxy groups -OCH3 is 1. The minimum atomic E-state index is -0.877. The number of fused-ring (bicyclic) bond motifs is 1. The zero-order valence-corrected chi connectivity index (χ0v) is 7.61. The van der Waals surface area contributed by atoms with Gasteiger partial charge in [0.2, 0.25) is 0 Å². The maximum absolute atomic E-state index is 11.6. The highest BCUT2D eigenvalue weighted by molar-refractivity contribution is 6.20. The van der Waals surface area contributed by atoms with E-state index in [4.69, 9.17) is 0 Å². The lowest BCUT2D eigenvalue weighted by molar-refractivity contribution is -0.140. The number of para-hydroxylation sites is 1. The molecule has 0 fully saturated rings. The van der Waals surface area contributed by atoms with E-state index < -0.39 is 12.0 Å². The second-order valence-corrected chi connectivity index (χ2v) is 3.01. The Bertz CT molecular complexity index is 400. The van der Waals surface area contributed by atoms with Gasteiger partial charge in [0.25, 0.3) is 0 Å². The minimum Gasteiger partial charge on any atom is -0.467 e. The highest BCUT2D eigenvalue weighted by Gasteiger charge is 2.35. The number of rotatable bonds is 1. The molecule has 1 aliphatic rings. The van der Waals surface area contributed by atoms with Crippen LogP contribution in [0.2, 0.25) is 0 Å². The third kappa shape index (κ3) is 1.16. The number of Topliss-reactive ketones (excluding diaryl/α,β-unsaturated/α-hetero) is 1. The van der Waals surface area contributed by atoms with Gasteiger partial charge in [-0.2, -0.15) is 0 Å². The Kier molecular flexibility index (Phi) is 1.96. The van der Waals surface area contributed by atoms with Gasteiger partial charge in [0.1, 0.15) is 0 Å². The fraction of sp³-hybridized carbons (Fsp3) is 0.200. The summed E-state index contributed by atoms with van der Waals surface area (Å²) in [5.74, 6) is -0.779. The molecule has 0 aliphatic carbocycles. The molecule has 1 aromatic carbocycles. The van der Waals surface area contributed by atoms with Crippen LogP contribution in [0.4, 0.5) is 5.69 Å². The standard InChI is InChI=1S/C10H9NO3/c1-14-10(13)8-9(12)6-4-2-3-5-7(6)11-8/h2-5,8,11H,1H3. The van der Waals surface area contributed by atoms with Crippen molar-refractivity contribution in [2.45, 2.75) is 6.04 Å². The summed E-state index contributed by atoms with van der Waals surface area (Å²) >= 11 is 0. The van der Waals surface area contributed by atoms with E-state index >= 15 is 0 Å². The number of anilines is 1. The average Bonchev–Trinajstić information content (AvgIpc) is 2.56. The molecule has 4 heteroatoms. The number of carbonyl (C=O) groups is 2. The summed E-state index contributed by atoms with van der Waals surface area (Å²) < 4.78 is 4.51. The molecule has 0 bridgehead atoms. The van der Waals surface area contributed by atoms with E-state index in [-0.39, 0.29) is 5.78 Å². The summed E-state index contributed by atoms with van der Waals surface area (Å²) in [6, 6.07) is 6.14. The highest BCUT2D eigenvalue weighted by Crippen LogP contribution is 2.25. The molecule has 72 valence electrons. The summed E-state index contributed by atoms with van der Waals surface area (Å²) in [6.45, 7) is 0. The van der Waals surface area contributed by atoms with Gasteiger partial charge in [0.15, 0.2) is 11.8 Å². The SMILES string of the molecule is COC(=O)C1Nc2ccccc2C1=O. The van der Waals surface area contributed by atoms with Gasteiger partial charge in [-0.1, -0.05) is 12.1 Å². The average molecular weight is 191 g/mol. The van der Waals surface area contributed by atoms with E-state index in [1.807, 2.05) is 0 Å². The Morgan fingerprint density at radius 3 is 2.79 bits per heavy atom. The molecule has 1 N–H and O–H groups in total. The van der Waals surface area contributed by atoms with Gasteiger partial charge in [-0.25, -0.2) is 4.79 Å². The maximum Gasteiger partial charge on any atom is 0.336 e. The Balaban J connectivity index is 2.35. The molecule has 1 aromatic rings. The van der Waals surface area contributed by atoms with E-state index in [1.54, 1.807) is 24.3 Å². The number of ether oxygens (including phenoxy) is 1. The molecule has 4 nitrogen and oxygen atoms in total. The number of carbonyl (C=O) groups excluding carboxylic acids is 2. The van der Waals surface area contributed by atoms with Crippen LogP contribution >= 0.6 is 0 Å². The Labute approximate surface area is 80.9 Å². The van der Waals surface area contributed by atoms with Crippen LogP contribution in [0.15, 0.2) is 24.3 Å². The van der Waals surface area contributed by atoms with Crippen LogP contribution in [-0.2, 0) is 9.53 Å². The molecule has 1 atom stereocenters. The minimum absolute atomic E-state index is 0.229. The van der Waals surface area contributed by atoms with Crippen molar-refractivity contribution >= 4 is 17.4 Å². The van der Waals surface area contributed by atoms with Gasteiger partial charge in [-0.3, -0.25) is 4.79 Å². The van der Waals surface area contributed by atoms with E-state index in [9.17, 15) is 9.59 Å². The molecule has 0 spiro atoms. The number of nitrogens with one attached hydrogen (secondary N) is 1. The largest absolute Gasteiger partial charge is 0.467 e. The molecular weight excluding hydrogens is 182 g/mol. The van der Waals surface area contributed by atoms with E-state index in [0.717, 1.165) is 0 Å². The third-order valence-electron chi connectivity index (χ3n) is 2.19. The third-order valence-corrected chi connectivity index (χ3v) is 2.19. The zero-order chi connectivity index (χ0) is 10.1. The lowest BCUT2D eigenvalue weighted by Gasteiger charge is -2.05. The van der Waals surface area contributed by atoms with Crippen molar-refractivity contribution in [3.05, 3.63) is 29.8 Å². The molecular formula is C10H9NO3. The van der Waals surface area contributed by atoms with Crippen LogP contribution < -0.4 is 5.32 Å². The Morgan fingerprint density at radius 1 is 1.43 bits per heavy atom. The van der Waals surface area contributed by atoms with Gasteiger partial charge in [-0.05, 0) is 12.1 Å². The van der Waals surface area contributed by atoms with Gasteiger partial charge < -0.3 is 10.1 Å². The first kappa shape index (κ1) is 8.74. The Hall–Kier alpha value is -1.84. The molecule has 0 aromatic heterocycles. The maximum atomic E-state index is 11.6. The van der Waals surface area contributed by atoms with Crippen LogP contribution in [0.5, 0.6) is 0 Å². The normalized spacial score (nSPS) is 18.6. The summed E-state index contributed by atoms with van der Waals surface area (Å²) in [6.07, 6.45) is 0. The summed E-state index contributed by atoms with van der Waals surface area (Å²) in [5, 5.41) is 2.81. The first-order chi connectivity index (χ1) is 6.74. The van der Waals surface area contributed by atoms with Gasteiger partial charge in [-0.15, -0.1) is 0 Å².